The smallest absolute Gasteiger partial charge is 0.191 e. The lowest BCUT2D eigenvalue weighted by Gasteiger charge is -2.22. The van der Waals surface area contributed by atoms with Gasteiger partial charge < -0.3 is 19.9 Å². The monoisotopic (exact) mass is 342 g/mol. The van der Waals surface area contributed by atoms with Gasteiger partial charge in [-0.2, -0.15) is 0 Å². The van der Waals surface area contributed by atoms with Gasteiger partial charge in [-0.3, -0.25) is 0 Å². The number of aliphatic imine (C=N–C) groups is 1. The Morgan fingerprint density at radius 2 is 2.20 bits per heavy atom. The molecule has 2 unspecified atom stereocenters. The van der Waals surface area contributed by atoms with Gasteiger partial charge in [-0.25, -0.2) is 4.99 Å². The van der Waals surface area contributed by atoms with E-state index in [1.54, 1.807) is 0 Å². The number of ether oxygens (including phenoxy) is 1. The summed E-state index contributed by atoms with van der Waals surface area (Å²) >= 11 is 0. The molecule has 25 heavy (non-hydrogen) atoms. The van der Waals surface area contributed by atoms with Crippen LogP contribution in [0, 0.1) is 6.92 Å². The highest BCUT2D eigenvalue weighted by Crippen LogP contribution is 2.35. The third-order valence-electron chi connectivity index (χ3n) is 4.61. The molecular weight excluding hydrogens is 316 g/mol. The summed E-state index contributed by atoms with van der Waals surface area (Å²) in [5, 5.41) is 15.0. The lowest BCUT2D eigenvalue weighted by atomic mass is 9.94. The molecule has 0 amide bonds. The molecule has 1 aromatic heterocycles. The first kappa shape index (κ1) is 17.3. The van der Waals surface area contributed by atoms with Gasteiger partial charge in [0.15, 0.2) is 11.8 Å². The molecule has 0 bridgehead atoms. The van der Waals surface area contributed by atoms with Crippen molar-refractivity contribution in [2.45, 2.75) is 39.3 Å². The van der Waals surface area contributed by atoms with Gasteiger partial charge in [0.1, 0.15) is 18.1 Å². The van der Waals surface area contributed by atoms with E-state index in [9.17, 15) is 0 Å². The van der Waals surface area contributed by atoms with E-state index >= 15 is 0 Å². The fourth-order valence-corrected chi connectivity index (χ4v) is 2.98. The molecule has 134 valence electrons. The Balaban J connectivity index is 1.69. The van der Waals surface area contributed by atoms with Crippen LogP contribution in [-0.4, -0.2) is 39.9 Å². The summed E-state index contributed by atoms with van der Waals surface area (Å²) in [5.41, 5.74) is 1.25. The van der Waals surface area contributed by atoms with Gasteiger partial charge >= 0.3 is 0 Å². The van der Waals surface area contributed by atoms with Gasteiger partial charge in [-0.15, -0.1) is 10.2 Å². The first-order valence-electron chi connectivity index (χ1n) is 8.71. The summed E-state index contributed by atoms with van der Waals surface area (Å²) in [6.07, 6.45) is 0. The van der Waals surface area contributed by atoms with E-state index in [2.05, 4.69) is 51.8 Å². The maximum absolute atomic E-state index is 5.80. The normalized spacial score (nSPS) is 17.8. The molecule has 1 aliphatic heterocycles. The predicted octanol–water partition coefficient (Wildman–Crippen LogP) is 1.74. The van der Waals surface area contributed by atoms with Crippen LogP contribution in [-0.2, 0) is 13.6 Å². The molecule has 2 heterocycles. The van der Waals surface area contributed by atoms with Gasteiger partial charge in [0.25, 0.3) is 0 Å². The third kappa shape index (κ3) is 3.75. The number of guanidine groups is 1. The van der Waals surface area contributed by atoms with Crippen LogP contribution in [0.2, 0.25) is 0 Å². The number of rotatable bonds is 5. The first-order valence-corrected chi connectivity index (χ1v) is 8.71. The second-order valence-corrected chi connectivity index (χ2v) is 6.31. The highest BCUT2D eigenvalue weighted by atomic mass is 16.5. The van der Waals surface area contributed by atoms with E-state index in [1.165, 1.54) is 5.56 Å². The van der Waals surface area contributed by atoms with Crippen molar-refractivity contribution in [3.63, 3.8) is 0 Å². The van der Waals surface area contributed by atoms with Crippen LogP contribution in [0.25, 0.3) is 0 Å². The van der Waals surface area contributed by atoms with E-state index in [4.69, 9.17) is 4.74 Å². The molecule has 7 nitrogen and oxygen atoms in total. The molecule has 1 aromatic carbocycles. The maximum Gasteiger partial charge on any atom is 0.191 e. The zero-order valence-corrected chi connectivity index (χ0v) is 15.3. The van der Waals surface area contributed by atoms with Gasteiger partial charge in [0.2, 0.25) is 0 Å². The van der Waals surface area contributed by atoms with Crippen molar-refractivity contribution in [3.8, 4) is 5.75 Å². The Kier molecular flexibility index (Phi) is 5.21. The number of para-hydroxylation sites is 1. The Bertz CT molecular complexity index is 754. The lowest BCUT2D eigenvalue weighted by Crippen LogP contribution is -2.45. The topological polar surface area (TPSA) is 76.4 Å². The molecule has 0 fully saturated rings. The minimum atomic E-state index is 0.197. The average Bonchev–Trinajstić information content (AvgIpc) is 3.18. The number of hydrogen-bond donors (Lipinski definition) is 2. The summed E-state index contributed by atoms with van der Waals surface area (Å²) in [6, 6.07) is 8.43. The van der Waals surface area contributed by atoms with E-state index in [-0.39, 0.29) is 6.04 Å². The number of nitrogens with one attached hydrogen (secondary N) is 2. The highest BCUT2D eigenvalue weighted by molar-refractivity contribution is 5.80. The van der Waals surface area contributed by atoms with Crippen molar-refractivity contribution in [1.82, 2.24) is 25.4 Å². The number of hydrogen-bond acceptors (Lipinski definition) is 4. The molecule has 2 atom stereocenters. The Hall–Kier alpha value is -2.57. The van der Waals surface area contributed by atoms with Crippen molar-refractivity contribution in [1.29, 1.82) is 0 Å². The summed E-state index contributed by atoms with van der Waals surface area (Å²) in [6.45, 7) is 8.13. The van der Waals surface area contributed by atoms with Gasteiger partial charge in [0, 0.05) is 31.1 Å². The minimum Gasteiger partial charge on any atom is -0.493 e. The molecule has 3 rings (SSSR count). The van der Waals surface area contributed by atoms with E-state index < -0.39 is 0 Å². The fraction of sp³-hybridized carbons (Fsp3) is 0.500. The van der Waals surface area contributed by atoms with Crippen molar-refractivity contribution in [2.75, 3.05) is 13.2 Å². The van der Waals surface area contributed by atoms with Crippen LogP contribution in [0.3, 0.4) is 0 Å². The van der Waals surface area contributed by atoms with Gasteiger partial charge in [-0.1, -0.05) is 18.2 Å². The molecule has 7 heteroatoms. The first-order chi connectivity index (χ1) is 12.1. The summed E-state index contributed by atoms with van der Waals surface area (Å²) in [4.78, 5) is 4.66. The quantitative estimate of drug-likeness (QED) is 0.639. The zero-order chi connectivity index (χ0) is 17.8. The standard InChI is InChI=1S/C18H26N6O/c1-5-19-18(20-10-17-23-22-13(3)24(17)4)21-12(2)15-11-25-16-9-7-6-8-14(15)16/h6-9,12,15H,5,10-11H2,1-4H3,(H2,19,20,21). The van der Waals surface area contributed by atoms with E-state index in [0.29, 0.717) is 19.1 Å². The second-order valence-electron chi connectivity index (χ2n) is 6.31. The van der Waals surface area contributed by atoms with Crippen molar-refractivity contribution in [2.24, 2.45) is 12.0 Å². The summed E-state index contributed by atoms with van der Waals surface area (Å²) in [7, 11) is 1.95. The molecule has 2 N–H and O–H groups in total. The summed E-state index contributed by atoms with van der Waals surface area (Å²) in [5.74, 6) is 3.79. The molecule has 0 saturated heterocycles. The number of benzene rings is 1. The Morgan fingerprint density at radius 1 is 1.40 bits per heavy atom. The van der Waals surface area contributed by atoms with Crippen molar-refractivity contribution >= 4 is 5.96 Å². The fourth-order valence-electron chi connectivity index (χ4n) is 2.98. The second kappa shape index (κ2) is 7.55. The third-order valence-corrected chi connectivity index (χ3v) is 4.61. The van der Waals surface area contributed by atoms with Crippen LogP contribution in [0.15, 0.2) is 29.3 Å². The Labute approximate surface area is 148 Å². The van der Waals surface area contributed by atoms with Crippen LogP contribution < -0.4 is 15.4 Å². The highest BCUT2D eigenvalue weighted by Gasteiger charge is 2.29. The molecule has 2 aromatic rings. The van der Waals surface area contributed by atoms with E-state index in [0.717, 1.165) is 29.9 Å². The van der Waals surface area contributed by atoms with Crippen LogP contribution >= 0.6 is 0 Å². The average molecular weight is 342 g/mol. The van der Waals surface area contributed by atoms with E-state index in [1.807, 2.05) is 30.7 Å². The van der Waals surface area contributed by atoms with Crippen LogP contribution in [0.4, 0.5) is 0 Å². The molecule has 1 aliphatic rings. The predicted molar refractivity (Wildman–Crippen MR) is 97.8 cm³/mol. The molecule has 0 spiro atoms. The number of fused-ring (bicyclic) bond motifs is 1. The summed E-state index contributed by atoms with van der Waals surface area (Å²) < 4.78 is 7.76. The zero-order valence-electron chi connectivity index (χ0n) is 15.3. The molecule has 0 radical (unpaired) electrons. The Morgan fingerprint density at radius 3 is 2.92 bits per heavy atom. The largest absolute Gasteiger partial charge is 0.493 e. The lowest BCUT2D eigenvalue weighted by molar-refractivity contribution is 0.312. The minimum absolute atomic E-state index is 0.197. The van der Waals surface area contributed by atoms with Crippen molar-refractivity contribution < 1.29 is 4.74 Å². The number of aryl methyl sites for hydroxylation is 1. The number of aromatic nitrogens is 3. The van der Waals surface area contributed by atoms with Gasteiger partial charge in [-0.05, 0) is 26.8 Å². The molecule has 0 aliphatic carbocycles. The van der Waals surface area contributed by atoms with Crippen molar-refractivity contribution in [3.05, 3.63) is 41.5 Å². The maximum atomic E-state index is 5.80. The number of nitrogens with zero attached hydrogens (tertiary/aromatic N) is 4. The SMILES string of the molecule is CCNC(=NCc1nnc(C)n1C)NC(C)C1COc2ccccc21. The van der Waals surface area contributed by atoms with Crippen LogP contribution in [0.5, 0.6) is 5.75 Å². The molecule has 0 saturated carbocycles. The van der Waals surface area contributed by atoms with Gasteiger partial charge in [0.05, 0.1) is 6.61 Å². The van der Waals surface area contributed by atoms with Crippen LogP contribution in [0.1, 0.15) is 37.0 Å². The molecular formula is C18H26N6O.